The van der Waals surface area contributed by atoms with Crippen LogP contribution in [0.2, 0.25) is 0 Å². The number of fused-ring (bicyclic) bond motifs is 4. The Morgan fingerprint density at radius 2 is 1.94 bits per heavy atom. The van der Waals surface area contributed by atoms with E-state index in [-0.39, 0.29) is 29.5 Å². The van der Waals surface area contributed by atoms with Crippen molar-refractivity contribution in [1.29, 1.82) is 0 Å². The first-order valence-electron chi connectivity index (χ1n) is 13.3. The molecule has 0 spiro atoms. The van der Waals surface area contributed by atoms with Crippen LogP contribution in [0.15, 0.2) is 47.1 Å². The Morgan fingerprint density at radius 3 is 2.63 bits per heavy atom. The van der Waals surface area contributed by atoms with Crippen LogP contribution < -0.4 is 5.32 Å². The van der Waals surface area contributed by atoms with Gasteiger partial charge in [0.2, 0.25) is 0 Å². The van der Waals surface area contributed by atoms with Gasteiger partial charge in [-0.2, -0.15) is 0 Å². The molecule has 0 aromatic heterocycles. The van der Waals surface area contributed by atoms with E-state index in [1.165, 1.54) is 22.3 Å². The molecular formula is C31H37NO3. The van der Waals surface area contributed by atoms with Gasteiger partial charge >= 0.3 is 0 Å². The van der Waals surface area contributed by atoms with Crippen molar-refractivity contribution in [3.05, 3.63) is 52.6 Å². The summed E-state index contributed by atoms with van der Waals surface area (Å²) in [7, 11) is 1.93. The highest BCUT2D eigenvalue weighted by atomic mass is 16.2. The lowest BCUT2D eigenvalue weighted by molar-refractivity contribution is -0.132. The van der Waals surface area contributed by atoms with Gasteiger partial charge in [-0.1, -0.05) is 43.4 Å². The van der Waals surface area contributed by atoms with Gasteiger partial charge in [0.25, 0.3) is 0 Å². The second kappa shape index (κ2) is 9.10. The molecule has 0 saturated heterocycles. The lowest BCUT2D eigenvalue weighted by Crippen LogP contribution is -2.50. The van der Waals surface area contributed by atoms with Crippen molar-refractivity contribution in [2.45, 2.75) is 71.1 Å². The van der Waals surface area contributed by atoms with Crippen LogP contribution in [0.5, 0.6) is 0 Å². The summed E-state index contributed by atoms with van der Waals surface area (Å²) >= 11 is 0. The molecule has 5 atom stereocenters. The summed E-state index contributed by atoms with van der Waals surface area (Å²) in [6, 6.07) is 8.74. The van der Waals surface area contributed by atoms with Gasteiger partial charge in [-0.25, -0.2) is 0 Å². The molecule has 0 bridgehead atoms. The lowest BCUT2D eigenvalue weighted by Gasteiger charge is -2.54. The Kier molecular flexibility index (Phi) is 6.26. The highest BCUT2D eigenvalue weighted by molar-refractivity contribution is 5.93. The van der Waals surface area contributed by atoms with E-state index in [0.29, 0.717) is 24.7 Å². The average molecular weight is 472 g/mol. The van der Waals surface area contributed by atoms with Gasteiger partial charge < -0.3 is 10.4 Å². The predicted molar refractivity (Wildman–Crippen MR) is 139 cm³/mol. The fraction of sp³-hybridized carbons (Fsp3) is 0.548. The van der Waals surface area contributed by atoms with Gasteiger partial charge in [0.1, 0.15) is 6.61 Å². The second-order valence-electron chi connectivity index (χ2n) is 11.0. The third-order valence-corrected chi connectivity index (χ3v) is 9.71. The van der Waals surface area contributed by atoms with E-state index >= 15 is 0 Å². The van der Waals surface area contributed by atoms with Gasteiger partial charge in [-0.05, 0) is 90.7 Å². The molecular weight excluding hydrogens is 434 g/mol. The molecule has 4 nitrogen and oxygen atoms in total. The number of allylic oxidation sites excluding steroid dienone is 4. The maximum absolute atomic E-state index is 13.6. The molecule has 0 heterocycles. The first-order valence-corrected chi connectivity index (χ1v) is 13.3. The van der Waals surface area contributed by atoms with Crippen LogP contribution in [0.4, 0.5) is 5.69 Å². The van der Waals surface area contributed by atoms with Crippen molar-refractivity contribution < 1.29 is 14.7 Å². The summed E-state index contributed by atoms with van der Waals surface area (Å²) in [6.45, 7) is 4.05. The largest absolute Gasteiger partial charge is 0.388 e. The number of aliphatic hydroxyl groups is 1. The molecule has 0 unspecified atom stereocenters. The number of anilines is 1. The summed E-state index contributed by atoms with van der Waals surface area (Å²) < 4.78 is 0. The summed E-state index contributed by atoms with van der Waals surface area (Å²) in [4.78, 5) is 25.9. The molecule has 1 aromatic carbocycles. The zero-order valence-corrected chi connectivity index (χ0v) is 21.2. The maximum atomic E-state index is 13.6. The summed E-state index contributed by atoms with van der Waals surface area (Å²) in [5, 5.41) is 12.8. The molecule has 4 aliphatic rings. The molecule has 0 radical (unpaired) electrons. The molecule has 35 heavy (non-hydrogen) atoms. The quantitative estimate of drug-likeness (QED) is 0.562. The first kappa shape index (κ1) is 24.1. The van der Waals surface area contributed by atoms with Crippen molar-refractivity contribution in [2.75, 3.05) is 19.0 Å². The summed E-state index contributed by atoms with van der Waals surface area (Å²) in [5.41, 5.74) is 5.62. The molecule has 0 aliphatic heterocycles. The lowest BCUT2D eigenvalue weighted by atomic mass is 9.48. The van der Waals surface area contributed by atoms with Crippen molar-refractivity contribution in [1.82, 2.24) is 0 Å². The smallest absolute Gasteiger partial charge is 0.156 e. The summed E-state index contributed by atoms with van der Waals surface area (Å²) in [6.07, 6.45) is 8.45. The van der Waals surface area contributed by atoms with Crippen LogP contribution in [0.1, 0.15) is 76.7 Å². The van der Waals surface area contributed by atoms with Crippen LogP contribution in [0.3, 0.4) is 0 Å². The van der Waals surface area contributed by atoms with Crippen LogP contribution >= 0.6 is 0 Å². The molecule has 5 rings (SSSR count). The van der Waals surface area contributed by atoms with Gasteiger partial charge in [0.05, 0.1) is 5.41 Å². The number of hydrogen-bond acceptors (Lipinski definition) is 4. The molecule has 2 saturated carbocycles. The zero-order chi connectivity index (χ0) is 24.8. The molecule has 2 fully saturated rings. The third kappa shape index (κ3) is 3.62. The molecule has 1 aromatic rings. The minimum Gasteiger partial charge on any atom is -0.388 e. The van der Waals surface area contributed by atoms with E-state index in [1.807, 2.05) is 20.0 Å². The molecule has 0 amide bonds. The second-order valence-corrected chi connectivity index (χ2v) is 11.0. The van der Waals surface area contributed by atoms with Crippen LogP contribution in [-0.4, -0.2) is 30.3 Å². The van der Waals surface area contributed by atoms with Crippen LogP contribution in [0.25, 0.3) is 0 Å². The SMILES string of the molecule is CCC(=O)[C@]1(C#CCO)CC[C@H]2[C@@H]3CCC4=CC(=O)CCC4=C3[C@@H](c3ccc(NC)cc3)C[C@@]21C. The highest BCUT2D eigenvalue weighted by Gasteiger charge is 2.65. The Hall–Kier alpha value is -2.64. The topological polar surface area (TPSA) is 66.4 Å². The van der Waals surface area contributed by atoms with Gasteiger partial charge in [-0.15, -0.1) is 0 Å². The minimum atomic E-state index is -0.701. The minimum absolute atomic E-state index is 0.206. The van der Waals surface area contributed by atoms with Crippen LogP contribution in [0, 0.1) is 34.5 Å². The molecule has 4 aliphatic carbocycles. The number of ketones is 2. The molecule has 4 heteroatoms. The van der Waals surface area contributed by atoms with Gasteiger partial charge in [-0.3, -0.25) is 9.59 Å². The number of carbonyl (C=O) groups is 2. The first-order chi connectivity index (χ1) is 16.9. The van der Waals surface area contributed by atoms with Crippen molar-refractivity contribution in [3.63, 3.8) is 0 Å². The highest BCUT2D eigenvalue weighted by Crippen LogP contribution is 2.69. The van der Waals surface area contributed by atoms with E-state index in [1.54, 1.807) is 0 Å². The monoisotopic (exact) mass is 471 g/mol. The molecule has 2 N–H and O–H groups in total. The fourth-order valence-electron chi connectivity index (χ4n) is 8.09. The number of aliphatic hydroxyl groups excluding tert-OH is 1. The zero-order valence-electron chi connectivity index (χ0n) is 21.2. The Morgan fingerprint density at radius 1 is 1.17 bits per heavy atom. The number of rotatable bonds is 4. The number of nitrogens with one attached hydrogen (secondary N) is 1. The van der Waals surface area contributed by atoms with E-state index in [0.717, 1.165) is 44.2 Å². The van der Waals surface area contributed by atoms with E-state index in [4.69, 9.17) is 0 Å². The average Bonchev–Trinajstić information content (AvgIpc) is 3.18. The number of hydrogen-bond donors (Lipinski definition) is 2. The summed E-state index contributed by atoms with van der Waals surface area (Å²) in [5.74, 6) is 7.75. The van der Waals surface area contributed by atoms with Crippen molar-refractivity contribution >= 4 is 17.3 Å². The van der Waals surface area contributed by atoms with E-state index < -0.39 is 5.41 Å². The predicted octanol–water partition coefficient (Wildman–Crippen LogP) is 5.59. The fourth-order valence-corrected chi connectivity index (χ4v) is 8.09. The molecule has 184 valence electrons. The Balaban J connectivity index is 1.70. The normalized spacial score (nSPS) is 33.7. The number of Topliss-reactive ketones (excluding diaryl/α,β-unsaturated/α-hetero) is 1. The van der Waals surface area contributed by atoms with Gasteiger partial charge in [0, 0.05) is 31.5 Å². The number of carbonyl (C=O) groups excluding carboxylic acids is 2. The Bertz CT molecular complexity index is 1160. The van der Waals surface area contributed by atoms with Gasteiger partial charge in [0.15, 0.2) is 11.6 Å². The van der Waals surface area contributed by atoms with E-state index in [9.17, 15) is 14.7 Å². The van der Waals surface area contributed by atoms with Crippen molar-refractivity contribution in [3.8, 4) is 11.8 Å². The van der Waals surface area contributed by atoms with E-state index in [2.05, 4.69) is 48.3 Å². The Labute approximate surface area is 209 Å². The van der Waals surface area contributed by atoms with Crippen LogP contribution in [-0.2, 0) is 9.59 Å². The third-order valence-electron chi connectivity index (χ3n) is 9.71. The standard InChI is InChI=1S/C31H37NO3/c1-4-28(35)31(15-5-17-33)16-14-27-25-12-8-21-18-23(34)11-13-24(21)29(25)26(19-30(27,31)2)20-6-9-22(32-3)10-7-20/h6-7,9-10,18,25-27,32-33H,4,8,11-14,16-17,19H2,1-3H3/t25-,26+,27-,30-,31-/m0/s1. The number of benzene rings is 1. The van der Waals surface area contributed by atoms with Crippen molar-refractivity contribution in [2.24, 2.45) is 22.7 Å². The maximum Gasteiger partial charge on any atom is 0.156 e.